The predicted octanol–water partition coefficient (Wildman–Crippen LogP) is 1.63. The molecular weight excluding hydrogens is 212 g/mol. The van der Waals surface area contributed by atoms with Crippen molar-refractivity contribution in [2.24, 2.45) is 0 Å². The Kier molecular flexibility index (Phi) is 5.01. The molecule has 4 nitrogen and oxygen atoms in total. The van der Waals surface area contributed by atoms with Crippen molar-refractivity contribution in [3.8, 4) is 0 Å². The summed E-state index contributed by atoms with van der Waals surface area (Å²) in [6.07, 6.45) is 0. The van der Waals surface area contributed by atoms with Gasteiger partial charge in [-0.25, -0.2) is 4.98 Å². The summed E-state index contributed by atoms with van der Waals surface area (Å²) in [7, 11) is 1.64. The van der Waals surface area contributed by atoms with Crippen molar-refractivity contribution in [1.29, 1.82) is 0 Å². The van der Waals surface area contributed by atoms with Crippen LogP contribution in [0.1, 0.15) is 24.4 Å². The average molecular weight is 230 g/mol. The molecule has 1 heterocycles. The third-order valence-corrected chi connectivity index (χ3v) is 3.37. The largest absolute Gasteiger partial charge is 0.391 e. The molecule has 1 aromatic heterocycles. The van der Waals surface area contributed by atoms with Crippen molar-refractivity contribution in [1.82, 2.24) is 4.98 Å². The Bertz CT molecular complexity index is 298. The highest BCUT2D eigenvalue weighted by Crippen LogP contribution is 2.26. The standard InChI is InChI=1S/C10H18N2O2S/c1-4-12(5-2)10-11-8(7-14-3)9(6-13)15-10/h13H,4-7H2,1-3H3. The van der Waals surface area contributed by atoms with E-state index < -0.39 is 0 Å². The van der Waals surface area contributed by atoms with Gasteiger partial charge in [-0.3, -0.25) is 0 Å². The number of ether oxygens (including phenoxy) is 1. The molecule has 0 aliphatic rings. The summed E-state index contributed by atoms with van der Waals surface area (Å²) in [4.78, 5) is 7.54. The fourth-order valence-electron chi connectivity index (χ4n) is 1.37. The van der Waals surface area contributed by atoms with E-state index in [1.54, 1.807) is 18.4 Å². The van der Waals surface area contributed by atoms with E-state index >= 15 is 0 Å². The summed E-state index contributed by atoms with van der Waals surface area (Å²) in [5, 5.41) is 10.2. The Morgan fingerprint density at radius 2 is 2.07 bits per heavy atom. The maximum atomic E-state index is 9.18. The fourth-order valence-corrected chi connectivity index (χ4v) is 2.42. The Balaban J connectivity index is 2.90. The molecule has 15 heavy (non-hydrogen) atoms. The van der Waals surface area contributed by atoms with Gasteiger partial charge >= 0.3 is 0 Å². The first-order chi connectivity index (χ1) is 7.26. The molecule has 5 heteroatoms. The van der Waals surface area contributed by atoms with Crippen molar-refractivity contribution in [3.63, 3.8) is 0 Å². The zero-order chi connectivity index (χ0) is 11.3. The minimum Gasteiger partial charge on any atom is -0.391 e. The van der Waals surface area contributed by atoms with Crippen molar-refractivity contribution in [2.75, 3.05) is 25.1 Å². The normalized spacial score (nSPS) is 10.7. The van der Waals surface area contributed by atoms with E-state index in [0.717, 1.165) is 28.8 Å². The molecule has 86 valence electrons. The molecule has 0 amide bonds. The van der Waals surface area contributed by atoms with E-state index in [4.69, 9.17) is 4.74 Å². The van der Waals surface area contributed by atoms with Gasteiger partial charge in [0.15, 0.2) is 5.13 Å². The van der Waals surface area contributed by atoms with Crippen LogP contribution < -0.4 is 4.90 Å². The van der Waals surface area contributed by atoms with Gasteiger partial charge in [0, 0.05) is 20.2 Å². The molecule has 0 radical (unpaired) electrons. The fraction of sp³-hybridized carbons (Fsp3) is 0.700. The van der Waals surface area contributed by atoms with Crippen molar-refractivity contribution in [3.05, 3.63) is 10.6 Å². The van der Waals surface area contributed by atoms with E-state index in [9.17, 15) is 5.11 Å². The first kappa shape index (κ1) is 12.4. The quantitative estimate of drug-likeness (QED) is 0.807. The van der Waals surface area contributed by atoms with Gasteiger partial charge < -0.3 is 14.7 Å². The van der Waals surface area contributed by atoms with Gasteiger partial charge in [0.1, 0.15) is 0 Å². The number of aromatic nitrogens is 1. The Morgan fingerprint density at radius 1 is 1.40 bits per heavy atom. The molecular formula is C10H18N2O2S. The maximum absolute atomic E-state index is 9.18. The topological polar surface area (TPSA) is 45.6 Å². The van der Waals surface area contributed by atoms with Crippen LogP contribution in [0.2, 0.25) is 0 Å². The third kappa shape index (κ3) is 2.90. The lowest BCUT2D eigenvalue weighted by molar-refractivity contribution is 0.179. The second-order valence-electron chi connectivity index (χ2n) is 3.13. The average Bonchev–Trinajstić information content (AvgIpc) is 2.64. The first-order valence-corrected chi connectivity index (χ1v) is 5.91. The monoisotopic (exact) mass is 230 g/mol. The number of nitrogens with zero attached hydrogens (tertiary/aromatic N) is 2. The Hall–Kier alpha value is -0.650. The van der Waals surface area contributed by atoms with E-state index in [0.29, 0.717) is 6.61 Å². The smallest absolute Gasteiger partial charge is 0.185 e. The molecule has 0 aliphatic carbocycles. The van der Waals surface area contributed by atoms with Gasteiger partial charge in [-0.05, 0) is 13.8 Å². The summed E-state index contributed by atoms with van der Waals surface area (Å²) in [5.74, 6) is 0. The van der Waals surface area contributed by atoms with Gasteiger partial charge in [0.05, 0.1) is 23.8 Å². The van der Waals surface area contributed by atoms with E-state index in [1.165, 1.54) is 0 Å². The van der Waals surface area contributed by atoms with Crippen LogP contribution in [-0.2, 0) is 18.0 Å². The predicted molar refractivity (Wildman–Crippen MR) is 62.3 cm³/mol. The van der Waals surface area contributed by atoms with Crippen LogP contribution >= 0.6 is 11.3 Å². The number of anilines is 1. The molecule has 0 spiro atoms. The number of hydrogen-bond acceptors (Lipinski definition) is 5. The molecule has 0 unspecified atom stereocenters. The molecule has 1 aromatic rings. The van der Waals surface area contributed by atoms with Crippen LogP contribution in [0.25, 0.3) is 0 Å². The van der Waals surface area contributed by atoms with E-state index in [-0.39, 0.29) is 6.61 Å². The van der Waals surface area contributed by atoms with Crippen LogP contribution in [0.15, 0.2) is 0 Å². The highest BCUT2D eigenvalue weighted by Gasteiger charge is 2.13. The van der Waals surface area contributed by atoms with Crippen LogP contribution in [0.4, 0.5) is 5.13 Å². The molecule has 0 saturated heterocycles. The van der Waals surface area contributed by atoms with E-state index in [1.807, 2.05) is 0 Å². The second-order valence-corrected chi connectivity index (χ2v) is 4.19. The molecule has 0 aromatic carbocycles. The lowest BCUT2D eigenvalue weighted by Crippen LogP contribution is -2.21. The minimum absolute atomic E-state index is 0.0393. The Morgan fingerprint density at radius 3 is 2.53 bits per heavy atom. The van der Waals surface area contributed by atoms with Gasteiger partial charge in [0.2, 0.25) is 0 Å². The maximum Gasteiger partial charge on any atom is 0.185 e. The zero-order valence-electron chi connectivity index (χ0n) is 9.49. The zero-order valence-corrected chi connectivity index (χ0v) is 10.3. The molecule has 0 aliphatic heterocycles. The molecule has 0 saturated carbocycles. The van der Waals surface area contributed by atoms with Crippen LogP contribution in [0.3, 0.4) is 0 Å². The van der Waals surface area contributed by atoms with Crippen LogP contribution in [0.5, 0.6) is 0 Å². The van der Waals surface area contributed by atoms with E-state index in [2.05, 4.69) is 23.7 Å². The number of rotatable bonds is 6. The number of aliphatic hydroxyl groups excluding tert-OH is 1. The van der Waals surface area contributed by atoms with Crippen LogP contribution in [-0.4, -0.2) is 30.3 Å². The highest BCUT2D eigenvalue weighted by atomic mass is 32.1. The molecule has 0 fully saturated rings. The third-order valence-electron chi connectivity index (χ3n) is 2.23. The summed E-state index contributed by atoms with van der Waals surface area (Å²) in [6.45, 7) is 6.56. The number of hydrogen-bond donors (Lipinski definition) is 1. The SMILES string of the molecule is CCN(CC)c1nc(COC)c(CO)s1. The Labute approximate surface area is 94.5 Å². The second kappa shape index (κ2) is 6.05. The number of thiazole rings is 1. The summed E-state index contributed by atoms with van der Waals surface area (Å²) in [6, 6.07) is 0. The van der Waals surface area contributed by atoms with Gasteiger partial charge in [-0.15, -0.1) is 0 Å². The van der Waals surface area contributed by atoms with Gasteiger partial charge in [-0.2, -0.15) is 0 Å². The summed E-state index contributed by atoms with van der Waals surface area (Å²) in [5.41, 5.74) is 0.854. The molecule has 1 N–H and O–H groups in total. The minimum atomic E-state index is 0.0393. The highest BCUT2D eigenvalue weighted by molar-refractivity contribution is 7.15. The number of aliphatic hydroxyl groups is 1. The summed E-state index contributed by atoms with van der Waals surface area (Å²) >= 11 is 1.54. The molecule has 0 bridgehead atoms. The number of methoxy groups -OCH3 is 1. The lowest BCUT2D eigenvalue weighted by atomic mass is 10.4. The van der Waals surface area contributed by atoms with Gasteiger partial charge in [-0.1, -0.05) is 11.3 Å². The van der Waals surface area contributed by atoms with Crippen molar-refractivity contribution < 1.29 is 9.84 Å². The molecule has 1 rings (SSSR count). The van der Waals surface area contributed by atoms with Crippen molar-refractivity contribution in [2.45, 2.75) is 27.1 Å². The summed E-state index contributed by atoms with van der Waals surface area (Å²) < 4.78 is 5.05. The van der Waals surface area contributed by atoms with Crippen molar-refractivity contribution >= 4 is 16.5 Å². The van der Waals surface area contributed by atoms with Gasteiger partial charge in [0.25, 0.3) is 0 Å². The van der Waals surface area contributed by atoms with Crippen LogP contribution in [0, 0.1) is 0 Å². The first-order valence-electron chi connectivity index (χ1n) is 5.10. The lowest BCUT2D eigenvalue weighted by Gasteiger charge is -2.16. The molecule has 0 atom stereocenters.